The average Bonchev–Trinajstić information content (AvgIpc) is 2.67. The SMILES string of the molecule is N#Cc1ccc(C(=O)O)nc1/C=C/c1ccc(N2CCOCC2)cc1. The molecule has 1 saturated heterocycles. The fraction of sp³-hybridized carbons (Fsp3) is 0.211. The fourth-order valence-corrected chi connectivity index (χ4v) is 2.61. The molecule has 25 heavy (non-hydrogen) atoms. The van der Waals surface area contributed by atoms with Crippen molar-refractivity contribution in [2.75, 3.05) is 31.2 Å². The summed E-state index contributed by atoms with van der Waals surface area (Å²) in [7, 11) is 0. The molecule has 3 rings (SSSR count). The molecule has 0 aliphatic carbocycles. The van der Waals surface area contributed by atoms with Crippen LogP contribution in [0.4, 0.5) is 5.69 Å². The monoisotopic (exact) mass is 335 g/mol. The first-order valence-corrected chi connectivity index (χ1v) is 7.92. The van der Waals surface area contributed by atoms with Crippen molar-refractivity contribution in [1.82, 2.24) is 4.98 Å². The van der Waals surface area contributed by atoms with Crippen LogP contribution < -0.4 is 4.90 Å². The fourth-order valence-electron chi connectivity index (χ4n) is 2.61. The molecule has 0 spiro atoms. The number of anilines is 1. The smallest absolute Gasteiger partial charge is 0.354 e. The highest BCUT2D eigenvalue weighted by Crippen LogP contribution is 2.18. The third-order valence-electron chi connectivity index (χ3n) is 3.97. The van der Waals surface area contributed by atoms with Gasteiger partial charge in [-0.1, -0.05) is 18.2 Å². The highest BCUT2D eigenvalue weighted by atomic mass is 16.5. The Labute approximate surface area is 145 Å². The maximum atomic E-state index is 11.0. The van der Waals surface area contributed by atoms with Gasteiger partial charge in [-0.25, -0.2) is 9.78 Å². The minimum atomic E-state index is -1.12. The van der Waals surface area contributed by atoms with E-state index >= 15 is 0 Å². The summed E-state index contributed by atoms with van der Waals surface area (Å²) in [4.78, 5) is 17.3. The Hall–Kier alpha value is -3.17. The Kier molecular flexibility index (Phi) is 5.07. The van der Waals surface area contributed by atoms with Crippen LogP contribution >= 0.6 is 0 Å². The van der Waals surface area contributed by atoms with E-state index in [1.165, 1.54) is 12.1 Å². The van der Waals surface area contributed by atoms with Gasteiger partial charge in [-0.2, -0.15) is 5.26 Å². The Morgan fingerprint density at radius 3 is 2.52 bits per heavy atom. The summed E-state index contributed by atoms with van der Waals surface area (Å²) in [5.41, 5.74) is 2.69. The van der Waals surface area contributed by atoms with Gasteiger partial charge in [0.1, 0.15) is 11.8 Å². The van der Waals surface area contributed by atoms with Gasteiger partial charge in [0.25, 0.3) is 0 Å². The van der Waals surface area contributed by atoms with Gasteiger partial charge in [0.15, 0.2) is 0 Å². The second-order valence-corrected chi connectivity index (χ2v) is 5.57. The van der Waals surface area contributed by atoms with Gasteiger partial charge in [-0.3, -0.25) is 0 Å². The number of nitrogens with zero attached hydrogens (tertiary/aromatic N) is 3. The van der Waals surface area contributed by atoms with Crippen LogP contribution in [-0.2, 0) is 4.74 Å². The van der Waals surface area contributed by atoms with E-state index in [9.17, 15) is 4.79 Å². The molecule has 0 saturated carbocycles. The van der Waals surface area contributed by atoms with Crippen LogP contribution in [0.3, 0.4) is 0 Å². The van der Waals surface area contributed by atoms with Crippen LogP contribution in [0, 0.1) is 11.3 Å². The molecule has 1 aromatic carbocycles. The van der Waals surface area contributed by atoms with Crippen LogP contribution in [0.2, 0.25) is 0 Å². The quantitative estimate of drug-likeness (QED) is 0.924. The summed E-state index contributed by atoms with van der Waals surface area (Å²) in [6.45, 7) is 3.24. The standard InChI is InChI=1S/C19H17N3O3/c20-13-15-4-8-18(19(23)24)21-17(15)7-3-14-1-5-16(6-2-14)22-9-11-25-12-10-22/h1-8H,9-12H2,(H,23,24)/b7-3+. The summed E-state index contributed by atoms with van der Waals surface area (Å²) in [5, 5.41) is 18.2. The minimum absolute atomic E-state index is 0.0821. The van der Waals surface area contributed by atoms with E-state index in [4.69, 9.17) is 15.1 Å². The first-order valence-electron chi connectivity index (χ1n) is 7.92. The third-order valence-corrected chi connectivity index (χ3v) is 3.97. The molecule has 0 radical (unpaired) electrons. The van der Waals surface area contributed by atoms with Crippen molar-refractivity contribution in [3.8, 4) is 6.07 Å². The summed E-state index contributed by atoms with van der Waals surface area (Å²) >= 11 is 0. The molecule has 126 valence electrons. The Morgan fingerprint density at radius 2 is 1.88 bits per heavy atom. The molecule has 1 aliphatic rings. The molecule has 0 unspecified atom stereocenters. The molecule has 0 amide bonds. The number of rotatable bonds is 4. The van der Waals surface area contributed by atoms with Crippen molar-refractivity contribution in [2.24, 2.45) is 0 Å². The number of hydrogen-bond donors (Lipinski definition) is 1. The van der Waals surface area contributed by atoms with E-state index in [2.05, 4.69) is 9.88 Å². The topological polar surface area (TPSA) is 86.5 Å². The third kappa shape index (κ3) is 4.03. The molecule has 0 atom stereocenters. The predicted octanol–water partition coefficient (Wildman–Crippen LogP) is 2.66. The molecule has 1 aromatic heterocycles. The molecule has 6 heteroatoms. The zero-order valence-electron chi connectivity index (χ0n) is 13.6. The number of hydrogen-bond acceptors (Lipinski definition) is 5. The number of aromatic carboxylic acids is 1. The van der Waals surface area contributed by atoms with Gasteiger partial charge in [-0.05, 0) is 35.9 Å². The lowest BCUT2D eigenvalue weighted by atomic mass is 10.1. The van der Waals surface area contributed by atoms with Crippen molar-refractivity contribution in [3.63, 3.8) is 0 Å². The molecule has 1 fully saturated rings. The number of aromatic nitrogens is 1. The number of nitriles is 1. The number of morpholine rings is 1. The van der Waals surface area contributed by atoms with E-state index in [1.54, 1.807) is 6.08 Å². The molecule has 1 N–H and O–H groups in total. The van der Waals surface area contributed by atoms with E-state index in [0.29, 0.717) is 11.3 Å². The summed E-state index contributed by atoms with van der Waals surface area (Å²) in [6.07, 6.45) is 3.48. The van der Waals surface area contributed by atoms with Crippen LogP contribution in [-0.4, -0.2) is 42.4 Å². The zero-order chi connectivity index (χ0) is 17.6. The molecule has 2 heterocycles. The van der Waals surface area contributed by atoms with Gasteiger partial charge < -0.3 is 14.7 Å². The number of carbonyl (C=O) groups is 1. The van der Waals surface area contributed by atoms with Gasteiger partial charge in [0.2, 0.25) is 0 Å². The number of carboxylic acids is 1. The Morgan fingerprint density at radius 1 is 1.16 bits per heavy atom. The maximum absolute atomic E-state index is 11.0. The van der Waals surface area contributed by atoms with Gasteiger partial charge >= 0.3 is 5.97 Å². The van der Waals surface area contributed by atoms with Crippen LogP contribution in [0.5, 0.6) is 0 Å². The molecular weight excluding hydrogens is 318 g/mol. The number of benzene rings is 1. The van der Waals surface area contributed by atoms with Gasteiger partial charge in [0.05, 0.1) is 24.5 Å². The van der Waals surface area contributed by atoms with E-state index in [0.717, 1.165) is 37.6 Å². The van der Waals surface area contributed by atoms with Crippen LogP contribution in [0.1, 0.15) is 27.3 Å². The first-order chi connectivity index (χ1) is 12.2. The molecule has 1 aliphatic heterocycles. The average molecular weight is 335 g/mol. The van der Waals surface area contributed by atoms with E-state index in [1.807, 2.05) is 36.4 Å². The highest BCUT2D eigenvalue weighted by Gasteiger charge is 2.11. The zero-order valence-corrected chi connectivity index (χ0v) is 13.6. The van der Waals surface area contributed by atoms with Crippen molar-refractivity contribution in [3.05, 3.63) is 58.9 Å². The number of pyridine rings is 1. The van der Waals surface area contributed by atoms with Crippen LogP contribution in [0.25, 0.3) is 12.2 Å². The lowest BCUT2D eigenvalue weighted by Crippen LogP contribution is -2.36. The van der Waals surface area contributed by atoms with Crippen molar-refractivity contribution >= 4 is 23.8 Å². The summed E-state index contributed by atoms with van der Waals surface area (Å²) < 4.78 is 5.35. The van der Waals surface area contributed by atoms with E-state index in [-0.39, 0.29) is 5.69 Å². The summed E-state index contributed by atoms with van der Waals surface area (Å²) in [6, 6.07) is 12.9. The van der Waals surface area contributed by atoms with Crippen molar-refractivity contribution in [1.29, 1.82) is 5.26 Å². The van der Waals surface area contributed by atoms with Crippen LogP contribution in [0.15, 0.2) is 36.4 Å². The minimum Gasteiger partial charge on any atom is -0.477 e. The lowest BCUT2D eigenvalue weighted by Gasteiger charge is -2.28. The highest BCUT2D eigenvalue weighted by molar-refractivity contribution is 5.86. The largest absolute Gasteiger partial charge is 0.477 e. The second kappa shape index (κ2) is 7.60. The first kappa shape index (κ1) is 16.7. The number of carboxylic acid groups (broad SMARTS) is 1. The van der Waals surface area contributed by atoms with Gasteiger partial charge in [0, 0.05) is 18.8 Å². The Balaban J connectivity index is 1.79. The maximum Gasteiger partial charge on any atom is 0.354 e. The lowest BCUT2D eigenvalue weighted by molar-refractivity contribution is 0.0690. The molecule has 2 aromatic rings. The second-order valence-electron chi connectivity index (χ2n) is 5.57. The van der Waals surface area contributed by atoms with E-state index < -0.39 is 5.97 Å². The molecule has 0 bridgehead atoms. The predicted molar refractivity (Wildman–Crippen MR) is 94.3 cm³/mol. The normalized spacial score (nSPS) is 14.4. The van der Waals surface area contributed by atoms with Gasteiger partial charge in [-0.15, -0.1) is 0 Å². The summed E-state index contributed by atoms with van der Waals surface area (Å²) in [5.74, 6) is -1.12. The Bertz CT molecular complexity index is 832. The number of ether oxygens (including phenoxy) is 1. The molecular formula is C19H17N3O3. The van der Waals surface area contributed by atoms with Crippen molar-refractivity contribution < 1.29 is 14.6 Å². The van der Waals surface area contributed by atoms with Crippen molar-refractivity contribution in [2.45, 2.75) is 0 Å². The molecule has 6 nitrogen and oxygen atoms in total.